The van der Waals surface area contributed by atoms with E-state index in [-0.39, 0.29) is 12.5 Å². The number of aromatic nitrogens is 1. The van der Waals surface area contributed by atoms with Crippen LogP contribution in [0.1, 0.15) is 27.9 Å². The first-order valence-electron chi connectivity index (χ1n) is 7.96. The summed E-state index contributed by atoms with van der Waals surface area (Å²) in [6.07, 6.45) is 2.30. The third-order valence-corrected chi connectivity index (χ3v) is 3.66. The molecule has 0 saturated heterocycles. The molecule has 1 aromatic carbocycles. The minimum absolute atomic E-state index is 0.251. The maximum atomic E-state index is 12.2. The van der Waals surface area contributed by atoms with Crippen molar-refractivity contribution in [3.63, 3.8) is 0 Å². The Balaban J connectivity index is 1.56. The number of pyridine rings is 1. The predicted octanol–water partition coefficient (Wildman–Crippen LogP) is 2.75. The Morgan fingerprint density at radius 1 is 1.16 bits per heavy atom. The molecule has 6 heteroatoms. The van der Waals surface area contributed by atoms with Gasteiger partial charge in [-0.1, -0.05) is 30.3 Å². The largest absolute Gasteiger partial charge is 0.467 e. The minimum atomic E-state index is -0.765. The topological polar surface area (TPSA) is 87.4 Å². The van der Waals surface area contributed by atoms with Crippen molar-refractivity contribution in [2.75, 3.05) is 11.9 Å². The molecule has 0 bridgehead atoms. The molecule has 0 aliphatic heterocycles. The Labute approximate surface area is 145 Å². The van der Waals surface area contributed by atoms with E-state index >= 15 is 0 Å². The van der Waals surface area contributed by atoms with Gasteiger partial charge in [0.2, 0.25) is 0 Å². The molecule has 1 amide bonds. The average molecular weight is 337 g/mol. The van der Waals surface area contributed by atoms with Gasteiger partial charge in [-0.3, -0.25) is 9.78 Å². The van der Waals surface area contributed by atoms with Crippen molar-refractivity contribution in [3.05, 3.63) is 84.1 Å². The molecule has 3 rings (SSSR count). The van der Waals surface area contributed by atoms with Crippen molar-refractivity contribution in [1.29, 1.82) is 0 Å². The minimum Gasteiger partial charge on any atom is -0.467 e. The van der Waals surface area contributed by atoms with Gasteiger partial charge in [-0.15, -0.1) is 0 Å². The summed E-state index contributed by atoms with van der Waals surface area (Å²) in [5, 5.41) is 15.9. The number of anilines is 1. The van der Waals surface area contributed by atoms with Gasteiger partial charge in [0, 0.05) is 25.0 Å². The molecule has 0 aliphatic rings. The van der Waals surface area contributed by atoms with Crippen molar-refractivity contribution in [1.82, 2.24) is 10.3 Å². The van der Waals surface area contributed by atoms with Gasteiger partial charge >= 0.3 is 0 Å². The first-order valence-corrected chi connectivity index (χ1v) is 7.96. The molecule has 0 fully saturated rings. The van der Waals surface area contributed by atoms with Crippen LogP contribution in [0, 0.1) is 0 Å². The molecule has 25 heavy (non-hydrogen) atoms. The number of carbonyl (C=O) groups excluding carboxylic acids is 1. The van der Waals surface area contributed by atoms with Gasteiger partial charge in [0.15, 0.2) is 0 Å². The Morgan fingerprint density at radius 2 is 2.00 bits per heavy atom. The van der Waals surface area contributed by atoms with Crippen molar-refractivity contribution in [3.8, 4) is 0 Å². The Morgan fingerprint density at radius 3 is 2.76 bits per heavy atom. The van der Waals surface area contributed by atoms with Crippen molar-refractivity contribution >= 4 is 11.6 Å². The van der Waals surface area contributed by atoms with Crippen molar-refractivity contribution in [2.45, 2.75) is 12.6 Å². The molecule has 3 N–H and O–H groups in total. The van der Waals surface area contributed by atoms with E-state index in [0.717, 1.165) is 5.56 Å². The Bertz CT molecular complexity index is 804. The number of rotatable bonds is 7. The molecule has 0 aliphatic carbocycles. The molecule has 128 valence electrons. The van der Waals surface area contributed by atoms with Crippen LogP contribution < -0.4 is 10.6 Å². The van der Waals surface area contributed by atoms with Crippen LogP contribution >= 0.6 is 0 Å². The van der Waals surface area contributed by atoms with E-state index in [2.05, 4.69) is 15.6 Å². The molecule has 0 spiro atoms. The summed E-state index contributed by atoms with van der Waals surface area (Å²) in [6.45, 7) is 0.707. The average Bonchev–Trinajstić information content (AvgIpc) is 3.20. The van der Waals surface area contributed by atoms with Crippen molar-refractivity contribution < 1.29 is 14.3 Å². The third-order valence-electron chi connectivity index (χ3n) is 3.66. The fraction of sp³-hybridized carbons (Fsp3) is 0.158. The van der Waals surface area contributed by atoms with E-state index in [1.54, 1.807) is 30.5 Å². The quantitative estimate of drug-likeness (QED) is 0.617. The number of hydrogen-bond donors (Lipinski definition) is 3. The van der Waals surface area contributed by atoms with Crippen LogP contribution in [-0.4, -0.2) is 22.5 Å². The number of carbonyl (C=O) groups is 1. The summed E-state index contributed by atoms with van der Waals surface area (Å²) < 4.78 is 5.15. The molecular formula is C19H19N3O3. The summed E-state index contributed by atoms with van der Waals surface area (Å²) in [5.41, 5.74) is 2.03. The second-order valence-corrected chi connectivity index (χ2v) is 5.51. The SMILES string of the molecule is O=C(NCc1ccccc1)c1cc(NCC(O)c2ccco2)ccn1. The third kappa shape index (κ3) is 4.68. The second-order valence-electron chi connectivity index (χ2n) is 5.51. The van der Waals surface area contributed by atoms with Gasteiger partial charge < -0.3 is 20.2 Å². The lowest BCUT2D eigenvalue weighted by molar-refractivity contribution is 0.0946. The molecular weight excluding hydrogens is 318 g/mol. The normalized spacial score (nSPS) is 11.7. The van der Waals surface area contributed by atoms with Crippen LogP contribution in [0.3, 0.4) is 0 Å². The van der Waals surface area contributed by atoms with Crippen LogP contribution in [0.15, 0.2) is 71.5 Å². The van der Waals surface area contributed by atoms with E-state index < -0.39 is 6.10 Å². The molecule has 2 aromatic heterocycles. The molecule has 0 radical (unpaired) electrons. The highest BCUT2D eigenvalue weighted by atomic mass is 16.4. The van der Waals surface area contributed by atoms with E-state index in [9.17, 15) is 9.90 Å². The molecule has 1 unspecified atom stereocenters. The molecule has 0 saturated carbocycles. The standard InChI is InChI=1S/C19H19N3O3/c23-17(18-7-4-10-25-18)13-21-15-8-9-20-16(11-15)19(24)22-12-14-5-2-1-3-6-14/h1-11,17,23H,12-13H2,(H,20,21)(H,22,24). The van der Waals surface area contributed by atoms with Gasteiger partial charge in [-0.05, 0) is 29.8 Å². The maximum Gasteiger partial charge on any atom is 0.270 e. The zero-order valence-corrected chi connectivity index (χ0v) is 13.6. The smallest absolute Gasteiger partial charge is 0.270 e. The zero-order chi connectivity index (χ0) is 17.5. The van der Waals surface area contributed by atoms with Crippen LogP contribution in [0.5, 0.6) is 0 Å². The Kier molecular flexibility index (Phi) is 5.43. The number of furan rings is 1. The number of nitrogens with one attached hydrogen (secondary N) is 2. The van der Waals surface area contributed by atoms with Crippen LogP contribution in [0.4, 0.5) is 5.69 Å². The second kappa shape index (κ2) is 8.12. The maximum absolute atomic E-state index is 12.2. The van der Waals surface area contributed by atoms with Gasteiger partial charge in [0.25, 0.3) is 5.91 Å². The Hall–Kier alpha value is -3.12. The summed E-state index contributed by atoms with van der Waals surface area (Å²) in [4.78, 5) is 16.3. The summed E-state index contributed by atoms with van der Waals surface area (Å²) in [5.74, 6) is 0.237. The fourth-order valence-corrected chi connectivity index (χ4v) is 2.33. The highest BCUT2D eigenvalue weighted by molar-refractivity contribution is 5.93. The number of benzene rings is 1. The number of aliphatic hydroxyl groups is 1. The molecule has 3 aromatic rings. The number of aliphatic hydroxyl groups excluding tert-OH is 1. The van der Waals surface area contributed by atoms with Crippen LogP contribution in [0.2, 0.25) is 0 Å². The summed E-state index contributed by atoms with van der Waals surface area (Å²) in [6, 6.07) is 16.5. The monoisotopic (exact) mass is 337 g/mol. The predicted molar refractivity (Wildman–Crippen MR) is 94.0 cm³/mol. The van der Waals surface area contributed by atoms with Crippen LogP contribution in [0.25, 0.3) is 0 Å². The molecule has 2 heterocycles. The van der Waals surface area contributed by atoms with Gasteiger partial charge in [0.05, 0.1) is 6.26 Å². The van der Waals surface area contributed by atoms with Gasteiger partial charge in [-0.25, -0.2) is 0 Å². The highest BCUT2D eigenvalue weighted by Gasteiger charge is 2.11. The van der Waals surface area contributed by atoms with E-state index in [0.29, 0.717) is 23.7 Å². The lowest BCUT2D eigenvalue weighted by atomic mass is 10.2. The number of hydrogen-bond acceptors (Lipinski definition) is 5. The van der Waals surface area contributed by atoms with Gasteiger partial charge in [0.1, 0.15) is 17.6 Å². The van der Waals surface area contributed by atoms with E-state index in [1.807, 2.05) is 30.3 Å². The highest BCUT2D eigenvalue weighted by Crippen LogP contribution is 2.15. The van der Waals surface area contributed by atoms with Crippen molar-refractivity contribution in [2.24, 2.45) is 0 Å². The fourth-order valence-electron chi connectivity index (χ4n) is 2.33. The zero-order valence-electron chi connectivity index (χ0n) is 13.6. The van der Waals surface area contributed by atoms with E-state index in [4.69, 9.17) is 4.42 Å². The lowest BCUT2D eigenvalue weighted by Crippen LogP contribution is -2.24. The summed E-state index contributed by atoms with van der Waals surface area (Å²) in [7, 11) is 0. The lowest BCUT2D eigenvalue weighted by Gasteiger charge is -2.11. The summed E-state index contributed by atoms with van der Waals surface area (Å²) >= 11 is 0. The molecule has 6 nitrogen and oxygen atoms in total. The first-order chi connectivity index (χ1) is 12.2. The first kappa shape index (κ1) is 16.7. The van der Waals surface area contributed by atoms with E-state index in [1.165, 1.54) is 6.26 Å². The number of nitrogens with zero attached hydrogens (tertiary/aromatic N) is 1. The van der Waals surface area contributed by atoms with Crippen LogP contribution in [-0.2, 0) is 6.54 Å². The molecule has 1 atom stereocenters. The van der Waals surface area contributed by atoms with Gasteiger partial charge in [-0.2, -0.15) is 0 Å². The number of amides is 1.